The summed E-state index contributed by atoms with van der Waals surface area (Å²) in [5, 5.41) is 0. The number of nitrogens with zero attached hydrogens (tertiary/aromatic N) is 3. The molecule has 1 unspecified atom stereocenters. The van der Waals surface area contributed by atoms with E-state index in [1.165, 1.54) is 0 Å². The van der Waals surface area contributed by atoms with Gasteiger partial charge in [0, 0.05) is 30.0 Å². The zero-order valence-corrected chi connectivity index (χ0v) is 12.0. The first kappa shape index (κ1) is 12.6. The van der Waals surface area contributed by atoms with E-state index in [1.807, 2.05) is 6.07 Å². The number of halogens is 1. The van der Waals surface area contributed by atoms with Crippen LogP contribution in [0.1, 0.15) is 18.4 Å². The maximum atomic E-state index is 12.3. The molecule has 0 aromatic carbocycles. The van der Waals surface area contributed by atoms with E-state index in [9.17, 15) is 9.59 Å². The number of carbonyl (C=O) groups excluding carboxylic acids is 2. The quantitative estimate of drug-likeness (QED) is 0.821. The van der Waals surface area contributed by atoms with Crippen LogP contribution in [0.15, 0.2) is 22.9 Å². The van der Waals surface area contributed by atoms with Gasteiger partial charge in [-0.2, -0.15) is 0 Å². The summed E-state index contributed by atoms with van der Waals surface area (Å²) in [5.41, 5.74) is 0.932. The summed E-state index contributed by atoms with van der Waals surface area (Å²) in [6.45, 7) is 1.35. The topological polar surface area (TPSA) is 53.5 Å². The molecular weight excluding hydrogens is 310 g/mol. The summed E-state index contributed by atoms with van der Waals surface area (Å²) in [4.78, 5) is 31.8. The van der Waals surface area contributed by atoms with E-state index >= 15 is 0 Å². The average Bonchev–Trinajstić information content (AvgIpc) is 2.85. The number of rotatable bonds is 2. The Morgan fingerprint density at radius 3 is 3.00 bits per heavy atom. The largest absolute Gasteiger partial charge is 0.329 e. The van der Waals surface area contributed by atoms with Crippen molar-refractivity contribution in [3.63, 3.8) is 0 Å². The number of hydrogen-bond donors (Lipinski definition) is 0. The number of amides is 2. The van der Waals surface area contributed by atoms with E-state index in [-0.39, 0.29) is 24.4 Å². The Kier molecular flexibility index (Phi) is 3.26. The lowest BCUT2D eigenvalue weighted by atomic mass is 10.1. The van der Waals surface area contributed by atoms with Crippen LogP contribution in [-0.2, 0) is 16.1 Å². The second kappa shape index (κ2) is 4.92. The summed E-state index contributed by atoms with van der Waals surface area (Å²) in [7, 11) is 0. The lowest BCUT2D eigenvalue weighted by molar-refractivity contribution is -0.154. The molecule has 2 aliphatic rings. The molecule has 0 spiro atoms. The highest BCUT2D eigenvalue weighted by atomic mass is 79.9. The van der Waals surface area contributed by atoms with Crippen LogP contribution in [0.5, 0.6) is 0 Å². The average molecular weight is 324 g/mol. The molecule has 3 rings (SSSR count). The highest BCUT2D eigenvalue weighted by molar-refractivity contribution is 9.10. The first-order chi connectivity index (χ1) is 9.15. The molecule has 1 atom stereocenters. The van der Waals surface area contributed by atoms with Gasteiger partial charge in [0.2, 0.25) is 11.8 Å². The summed E-state index contributed by atoms with van der Waals surface area (Å²) >= 11 is 3.36. The third-order valence-corrected chi connectivity index (χ3v) is 4.06. The van der Waals surface area contributed by atoms with Crippen molar-refractivity contribution in [2.75, 3.05) is 13.1 Å². The fourth-order valence-electron chi connectivity index (χ4n) is 2.76. The van der Waals surface area contributed by atoms with Crippen molar-refractivity contribution in [2.24, 2.45) is 0 Å². The molecular formula is C13H14BrN3O2. The Morgan fingerprint density at radius 1 is 1.37 bits per heavy atom. The van der Waals surface area contributed by atoms with E-state index in [1.54, 1.807) is 22.2 Å². The molecule has 0 radical (unpaired) electrons. The predicted molar refractivity (Wildman–Crippen MR) is 72.1 cm³/mol. The summed E-state index contributed by atoms with van der Waals surface area (Å²) in [6.07, 6.45) is 5.14. The standard InChI is InChI=1S/C13H14BrN3O2/c14-10-4-9(5-15-6-10)7-16-8-12(18)17-3-1-2-11(17)13(16)19/h4-6,11H,1-3,7-8H2. The first-order valence-corrected chi connectivity index (χ1v) is 7.12. The summed E-state index contributed by atoms with van der Waals surface area (Å²) < 4.78 is 0.878. The molecule has 5 nitrogen and oxygen atoms in total. The van der Waals surface area contributed by atoms with Gasteiger partial charge in [-0.3, -0.25) is 14.6 Å². The molecule has 100 valence electrons. The third-order valence-electron chi connectivity index (χ3n) is 3.63. The van der Waals surface area contributed by atoms with Crippen LogP contribution in [0, 0.1) is 0 Å². The summed E-state index contributed by atoms with van der Waals surface area (Å²) in [5.74, 6) is 0.127. The maximum Gasteiger partial charge on any atom is 0.246 e. The maximum absolute atomic E-state index is 12.3. The van der Waals surface area contributed by atoms with Crippen LogP contribution in [0.3, 0.4) is 0 Å². The SMILES string of the molecule is O=C1C2CCCN2C(=O)CN1Cc1cncc(Br)c1. The number of carbonyl (C=O) groups is 2. The smallest absolute Gasteiger partial charge is 0.246 e. The molecule has 2 fully saturated rings. The summed E-state index contributed by atoms with van der Waals surface area (Å²) in [6, 6.07) is 1.69. The Balaban J connectivity index is 1.78. The zero-order chi connectivity index (χ0) is 13.4. The fourth-order valence-corrected chi connectivity index (χ4v) is 3.17. The lowest BCUT2D eigenvalue weighted by Gasteiger charge is -2.36. The number of pyridine rings is 1. The highest BCUT2D eigenvalue weighted by Gasteiger charge is 2.41. The Bertz CT molecular complexity index is 534. The third kappa shape index (κ3) is 2.36. The van der Waals surface area contributed by atoms with Crippen molar-refractivity contribution < 1.29 is 9.59 Å². The van der Waals surface area contributed by atoms with E-state index in [2.05, 4.69) is 20.9 Å². The monoisotopic (exact) mass is 323 g/mol. The molecule has 1 aromatic heterocycles. The molecule has 0 N–H and O–H groups in total. The zero-order valence-electron chi connectivity index (χ0n) is 10.4. The van der Waals surface area contributed by atoms with Gasteiger partial charge in [0.25, 0.3) is 0 Å². The van der Waals surface area contributed by atoms with Crippen molar-refractivity contribution in [1.82, 2.24) is 14.8 Å². The number of piperazine rings is 1. The molecule has 0 saturated carbocycles. The first-order valence-electron chi connectivity index (χ1n) is 6.33. The van der Waals surface area contributed by atoms with Crippen molar-refractivity contribution in [1.29, 1.82) is 0 Å². The Labute approximate surface area is 119 Å². The van der Waals surface area contributed by atoms with Gasteiger partial charge in [-0.05, 0) is 40.4 Å². The van der Waals surface area contributed by atoms with Gasteiger partial charge < -0.3 is 9.80 Å². The molecule has 0 aliphatic carbocycles. The molecule has 19 heavy (non-hydrogen) atoms. The number of aromatic nitrogens is 1. The molecule has 2 aliphatic heterocycles. The molecule has 3 heterocycles. The molecule has 2 saturated heterocycles. The predicted octanol–water partition coefficient (Wildman–Crippen LogP) is 1.18. The van der Waals surface area contributed by atoms with Gasteiger partial charge in [0.05, 0.1) is 0 Å². The van der Waals surface area contributed by atoms with Crippen molar-refractivity contribution >= 4 is 27.7 Å². The number of fused-ring (bicyclic) bond motifs is 1. The Morgan fingerprint density at radius 2 is 2.21 bits per heavy atom. The fraction of sp³-hybridized carbons (Fsp3) is 0.462. The van der Waals surface area contributed by atoms with Crippen LogP contribution in [0.2, 0.25) is 0 Å². The van der Waals surface area contributed by atoms with Crippen molar-refractivity contribution in [2.45, 2.75) is 25.4 Å². The second-order valence-corrected chi connectivity index (χ2v) is 5.87. The van der Waals surface area contributed by atoms with Crippen LogP contribution in [-0.4, -0.2) is 45.7 Å². The van der Waals surface area contributed by atoms with Crippen LogP contribution >= 0.6 is 15.9 Å². The van der Waals surface area contributed by atoms with Gasteiger partial charge in [-0.1, -0.05) is 0 Å². The van der Waals surface area contributed by atoms with Crippen LogP contribution in [0.4, 0.5) is 0 Å². The normalized spacial score (nSPS) is 22.9. The van der Waals surface area contributed by atoms with Crippen molar-refractivity contribution in [3.05, 3.63) is 28.5 Å². The van der Waals surface area contributed by atoms with Crippen molar-refractivity contribution in [3.8, 4) is 0 Å². The minimum Gasteiger partial charge on any atom is -0.329 e. The van der Waals surface area contributed by atoms with E-state index in [0.717, 1.165) is 29.4 Å². The van der Waals surface area contributed by atoms with Gasteiger partial charge >= 0.3 is 0 Å². The number of hydrogen-bond acceptors (Lipinski definition) is 3. The van der Waals surface area contributed by atoms with Gasteiger partial charge in [0.1, 0.15) is 12.6 Å². The Hall–Kier alpha value is -1.43. The molecule has 6 heteroatoms. The van der Waals surface area contributed by atoms with E-state index in [0.29, 0.717) is 6.54 Å². The molecule has 2 amide bonds. The van der Waals surface area contributed by atoms with Gasteiger partial charge in [-0.25, -0.2) is 0 Å². The lowest BCUT2D eigenvalue weighted by Crippen LogP contribution is -2.56. The van der Waals surface area contributed by atoms with Gasteiger partial charge in [-0.15, -0.1) is 0 Å². The molecule has 1 aromatic rings. The second-order valence-electron chi connectivity index (χ2n) is 4.95. The minimum atomic E-state index is -0.235. The minimum absolute atomic E-state index is 0.0602. The van der Waals surface area contributed by atoms with Gasteiger partial charge in [0.15, 0.2) is 0 Å². The van der Waals surface area contributed by atoms with E-state index < -0.39 is 0 Å². The van der Waals surface area contributed by atoms with E-state index in [4.69, 9.17) is 0 Å². The van der Waals surface area contributed by atoms with Crippen LogP contribution < -0.4 is 0 Å². The highest BCUT2D eigenvalue weighted by Crippen LogP contribution is 2.24. The molecule has 0 bridgehead atoms. The van der Waals surface area contributed by atoms with Crippen LogP contribution in [0.25, 0.3) is 0 Å².